The Kier molecular flexibility index (Phi) is 7.59. The van der Waals surface area contributed by atoms with Crippen LogP contribution < -0.4 is 0 Å². The van der Waals surface area contributed by atoms with Gasteiger partial charge in [-0.25, -0.2) is 8.42 Å². The molecule has 1 saturated heterocycles. The number of aromatic nitrogens is 1. The van der Waals surface area contributed by atoms with E-state index < -0.39 is 16.1 Å². The number of sulfonamides is 1. The summed E-state index contributed by atoms with van der Waals surface area (Å²) in [5.41, 5.74) is 2.96. The lowest BCUT2D eigenvalue weighted by Gasteiger charge is -2.27. The highest BCUT2D eigenvalue weighted by molar-refractivity contribution is 9.10. The molecular weight excluding hydrogens is 608 g/mol. The summed E-state index contributed by atoms with van der Waals surface area (Å²) in [6, 6.07) is 19.0. The van der Waals surface area contributed by atoms with Gasteiger partial charge in [-0.15, -0.1) is 0 Å². The summed E-state index contributed by atoms with van der Waals surface area (Å²) in [5.74, 6) is 0. The van der Waals surface area contributed by atoms with Crippen LogP contribution in [0.2, 0.25) is 0 Å². The first-order chi connectivity index (χ1) is 17.2. The van der Waals surface area contributed by atoms with E-state index >= 15 is 0 Å². The molecule has 0 aliphatic carbocycles. The van der Waals surface area contributed by atoms with Crippen LogP contribution in [0.15, 0.2) is 74.5 Å². The highest BCUT2D eigenvalue weighted by Crippen LogP contribution is 2.33. The van der Waals surface area contributed by atoms with Crippen LogP contribution in [0, 0.1) is 6.92 Å². The molecule has 0 radical (unpaired) electrons. The molecular formula is C27H28Br2N2O4S. The fourth-order valence-electron chi connectivity index (χ4n) is 4.89. The maximum absolute atomic E-state index is 13.6. The third kappa shape index (κ3) is 5.28. The van der Waals surface area contributed by atoms with Crippen molar-refractivity contribution in [1.82, 2.24) is 8.87 Å². The average Bonchev–Trinajstić information content (AvgIpc) is 3.45. The molecule has 190 valence electrons. The molecule has 0 saturated carbocycles. The maximum Gasteiger partial charge on any atom is 0.243 e. The van der Waals surface area contributed by atoms with Crippen molar-refractivity contribution >= 4 is 63.7 Å². The highest BCUT2D eigenvalue weighted by atomic mass is 79.9. The topological polar surface area (TPSA) is 71.8 Å². The second kappa shape index (κ2) is 10.6. The van der Waals surface area contributed by atoms with Gasteiger partial charge in [0, 0.05) is 50.4 Å². The average molecular weight is 636 g/mol. The normalized spacial score (nSPS) is 17.4. The Balaban J connectivity index is 1.47. The number of rotatable bonds is 8. The number of aliphatic hydroxyl groups excluding tert-OH is 1. The molecule has 0 bridgehead atoms. The highest BCUT2D eigenvalue weighted by Gasteiger charge is 2.31. The Morgan fingerprint density at radius 1 is 1.03 bits per heavy atom. The monoisotopic (exact) mass is 634 g/mol. The van der Waals surface area contributed by atoms with Crippen LogP contribution in [0.1, 0.15) is 18.4 Å². The van der Waals surface area contributed by atoms with E-state index in [1.807, 2.05) is 31.2 Å². The number of hydrogen-bond acceptors (Lipinski definition) is 4. The fourth-order valence-corrected chi connectivity index (χ4v) is 7.13. The number of aliphatic hydroxyl groups is 1. The maximum atomic E-state index is 13.6. The third-order valence-electron chi connectivity index (χ3n) is 6.69. The minimum atomic E-state index is -3.80. The third-order valence-corrected chi connectivity index (χ3v) is 9.52. The zero-order valence-corrected chi connectivity index (χ0v) is 23.9. The number of fused-ring (bicyclic) bond motifs is 3. The van der Waals surface area contributed by atoms with E-state index in [0.29, 0.717) is 6.61 Å². The van der Waals surface area contributed by atoms with E-state index in [9.17, 15) is 13.5 Å². The molecule has 3 aromatic carbocycles. The molecule has 2 atom stereocenters. The summed E-state index contributed by atoms with van der Waals surface area (Å²) in [6.07, 6.45) is 0.642. The van der Waals surface area contributed by atoms with Gasteiger partial charge in [0.1, 0.15) is 0 Å². The quantitative estimate of drug-likeness (QED) is 0.263. The first kappa shape index (κ1) is 25.9. The Bertz CT molecular complexity index is 1440. The van der Waals surface area contributed by atoms with Crippen molar-refractivity contribution in [3.8, 4) is 0 Å². The zero-order chi connectivity index (χ0) is 25.4. The van der Waals surface area contributed by atoms with Gasteiger partial charge < -0.3 is 14.4 Å². The molecule has 0 amide bonds. The van der Waals surface area contributed by atoms with Gasteiger partial charge in [-0.2, -0.15) is 4.31 Å². The minimum Gasteiger partial charge on any atom is -0.390 e. The van der Waals surface area contributed by atoms with Crippen molar-refractivity contribution in [2.75, 3.05) is 19.7 Å². The number of nitrogens with zero attached hydrogens (tertiary/aromatic N) is 2. The SMILES string of the molecule is Cc1ccc(S(=O)(=O)N(C[C@@H](O)Cn2c3ccc(Br)cc3c3cc(Br)ccc32)C[C@@H]2CCCO2)cc1. The number of halogens is 2. The first-order valence-electron chi connectivity index (χ1n) is 12.0. The van der Waals surface area contributed by atoms with Gasteiger partial charge in [-0.3, -0.25) is 0 Å². The van der Waals surface area contributed by atoms with E-state index in [4.69, 9.17) is 4.74 Å². The fraction of sp³-hybridized carbons (Fsp3) is 0.333. The van der Waals surface area contributed by atoms with Crippen LogP contribution in [-0.2, 0) is 21.3 Å². The van der Waals surface area contributed by atoms with Gasteiger partial charge in [0.05, 0.1) is 23.6 Å². The smallest absolute Gasteiger partial charge is 0.243 e. The second-order valence-corrected chi connectivity index (χ2v) is 13.1. The van der Waals surface area contributed by atoms with E-state index in [-0.39, 0.29) is 30.6 Å². The lowest BCUT2D eigenvalue weighted by Crippen LogP contribution is -2.43. The molecule has 4 aromatic rings. The minimum absolute atomic E-state index is 0.0235. The summed E-state index contributed by atoms with van der Waals surface area (Å²) in [5, 5.41) is 13.4. The molecule has 0 spiro atoms. The van der Waals surface area contributed by atoms with Crippen molar-refractivity contribution < 1.29 is 18.3 Å². The van der Waals surface area contributed by atoms with Crippen molar-refractivity contribution in [1.29, 1.82) is 0 Å². The van der Waals surface area contributed by atoms with Crippen LogP contribution in [0.3, 0.4) is 0 Å². The van der Waals surface area contributed by atoms with Gasteiger partial charge in [0.15, 0.2) is 0 Å². The van der Waals surface area contributed by atoms with E-state index in [2.05, 4.69) is 48.6 Å². The molecule has 36 heavy (non-hydrogen) atoms. The van der Waals surface area contributed by atoms with Gasteiger partial charge >= 0.3 is 0 Å². The molecule has 1 aliphatic rings. The van der Waals surface area contributed by atoms with Gasteiger partial charge in [-0.05, 0) is 68.3 Å². The van der Waals surface area contributed by atoms with Crippen LogP contribution in [-0.4, -0.2) is 54.3 Å². The predicted molar refractivity (Wildman–Crippen MR) is 150 cm³/mol. The molecule has 1 aromatic heterocycles. The molecule has 2 heterocycles. The number of ether oxygens (including phenoxy) is 1. The molecule has 9 heteroatoms. The molecule has 0 unspecified atom stereocenters. The molecule has 1 aliphatic heterocycles. The zero-order valence-electron chi connectivity index (χ0n) is 19.9. The number of aryl methyl sites for hydroxylation is 1. The molecule has 1 fully saturated rings. The molecule has 5 rings (SSSR count). The Morgan fingerprint density at radius 2 is 1.64 bits per heavy atom. The van der Waals surface area contributed by atoms with Gasteiger partial charge in [-0.1, -0.05) is 49.6 Å². The summed E-state index contributed by atoms with van der Waals surface area (Å²) in [4.78, 5) is 0.227. The standard InChI is InChI=1S/C27H28Br2N2O4S/c1-18-4-8-23(9-5-18)36(33,34)30(17-22-3-2-12-35-22)15-21(32)16-31-26-10-6-19(28)13-24(26)25-14-20(29)7-11-27(25)31/h4-11,13-14,21-22,32H,2-3,12,15-17H2,1H3/t21-,22+/m1/s1. The van der Waals surface area contributed by atoms with Crippen molar-refractivity contribution in [3.05, 3.63) is 75.2 Å². The van der Waals surface area contributed by atoms with Crippen molar-refractivity contribution in [2.45, 2.75) is 43.4 Å². The Labute approximate surface area is 228 Å². The lowest BCUT2D eigenvalue weighted by atomic mass is 10.2. The lowest BCUT2D eigenvalue weighted by molar-refractivity contribution is 0.0751. The largest absolute Gasteiger partial charge is 0.390 e. The molecule has 1 N–H and O–H groups in total. The van der Waals surface area contributed by atoms with Crippen LogP contribution in [0.4, 0.5) is 0 Å². The van der Waals surface area contributed by atoms with Crippen molar-refractivity contribution in [3.63, 3.8) is 0 Å². The summed E-state index contributed by atoms with van der Waals surface area (Å²) >= 11 is 7.13. The van der Waals surface area contributed by atoms with E-state index in [1.165, 1.54) is 4.31 Å². The number of benzene rings is 3. The van der Waals surface area contributed by atoms with Crippen LogP contribution >= 0.6 is 31.9 Å². The Morgan fingerprint density at radius 3 is 2.19 bits per heavy atom. The van der Waals surface area contributed by atoms with E-state index in [1.54, 1.807) is 24.3 Å². The van der Waals surface area contributed by atoms with Crippen LogP contribution in [0.5, 0.6) is 0 Å². The van der Waals surface area contributed by atoms with Gasteiger partial charge in [0.2, 0.25) is 10.0 Å². The first-order valence-corrected chi connectivity index (χ1v) is 15.0. The van der Waals surface area contributed by atoms with Crippen LogP contribution in [0.25, 0.3) is 21.8 Å². The predicted octanol–water partition coefficient (Wildman–Crippen LogP) is 5.86. The molecule has 6 nitrogen and oxygen atoms in total. The summed E-state index contributed by atoms with van der Waals surface area (Å²) < 4.78 is 38.4. The van der Waals surface area contributed by atoms with Crippen molar-refractivity contribution in [2.24, 2.45) is 0 Å². The second-order valence-electron chi connectivity index (χ2n) is 9.36. The summed E-state index contributed by atoms with van der Waals surface area (Å²) in [7, 11) is -3.80. The number of hydrogen-bond donors (Lipinski definition) is 1. The Hall–Kier alpha value is -1.75. The van der Waals surface area contributed by atoms with Gasteiger partial charge in [0.25, 0.3) is 0 Å². The summed E-state index contributed by atoms with van der Waals surface area (Å²) in [6.45, 7) is 3.02. The van der Waals surface area contributed by atoms with E-state index in [0.717, 1.165) is 49.2 Å².